The van der Waals surface area contributed by atoms with Crippen LogP contribution in [0.2, 0.25) is 0 Å². The first-order valence-corrected chi connectivity index (χ1v) is 13.5. The summed E-state index contributed by atoms with van der Waals surface area (Å²) in [6.07, 6.45) is 4.31. The predicted molar refractivity (Wildman–Crippen MR) is 143 cm³/mol. The predicted octanol–water partition coefficient (Wildman–Crippen LogP) is 3.84. The summed E-state index contributed by atoms with van der Waals surface area (Å²) in [6.45, 7) is 6.49. The van der Waals surface area contributed by atoms with Gasteiger partial charge < -0.3 is 20.3 Å². The molecule has 198 valence electrons. The van der Waals surface area contributed by atoms with E-state index >= 15 is 0 Å². The molecule has 1 saturated heterocycles. The molecule has 0 radical (unpaired) electrons. The number of carbonyl (C=O) groups excluding carboxylic acids is 3. The van der Waals surface area contributed by atoms with Crippen LogP contribution in [-0.2, 0) is 27.3 Å². The number of nitrogens with zero attached hydrogens (tertiary/aromatic N) is 1. The smallest absolute Gasteiger partial charge is 0.242 e. The fourth-order valence-corrected chi connectivity index (χ4v) is 5.21. The van der Waals surface area contributed by atoms with Crippen LogP contribution in [0.1, 0.15) is 60.8 Å². The van der Waals surface area contributed by atoms with Crippen LogP contribution < -0.4 is 15.4 Å². The van der Waals surface area contributed by atoms with Gasteiger partial charge in [-0.2, -0.15) is 0 Å². The zero-order valence-electron chi connectivity index (χ0n) is 22.1. The molecular weight excluding hydrogens is 466 g/mol. The minimum Gasteiger partial charge on any atom is -0.494 e. The first-order valence-electron chi connectivity index (χ1n) is 13.5. The Balaban J connectivity index is 1.53. The Hall–Kier alpha value is -3.35. The lowest BCUT2D eigenvalue weighted by Crippen LogP contribution is -2.47. The molecule has 2 aromatic carbocycles. The Bertz CT molecular complexity index is 1100. The molecule has 4 rings (SSSR count). The van der Waals surface area contributed by atoms with Crippen molar-refractivity contribution >= 4 is 17.7 Å². The number of aryl methyl sites for hydroxylation is 2. The van der Waals surface area contributed by atoms with Gasteiger partial charge in [-0.15, -0.1) is 0 Å². The highest BCUT2D eigenvalue weighted by atomic mass is 16.5. The fraction of sp³-hybridized carbons (Fsp3) is 0.500. The minimum atomic E-state index is -0.679. The molecule has 4 bridgehead atoms. The topological polar surface area (TPSA) is 87.7 Å². The van der Waals surface area contributed by atoms with E-state index in [1.165, 1.54) is 0 Å². The Labute approximate surface area is 220 Å². The highest BCUT2D eigenvalue weighted by Crippen LogP contribution is 2.24. The van der Waals surface area contributed by atoms with E-state index in [1.807, 2.05) is 54.3 Å². The Kier molecular flexibility index (Phi) is 9.20. The highest BCUT2D eigenvalue weighted by molar-refractivity contribution is 5.89. The largest absolute Gasteiger partial charge is 0.494 e. The van der Waals surface area contributed by atoms with Crippen LogP contribution in [-0.4, -0.2) is 48.4 Å². The highest BCUT2D eigenvalue weighted by Gasteiger charge is 2.26. The molecule has 37 heavy (non-hydrogen) atoms. The standard InChI is InChI=1S/C30H39N3O4/c1-21-17-26-18-25(22(21)2)19-31-30(36)27(11-10-23-7-4-3-5-8-23)32-28(34)12-13-29(35)33-15-6-9-24(20-33)14-16-37-26/h3-5,7-8,17-18,24,27H,6,9-16,19-20H2,1-2H3,(H,31,36)(H,32,34)/t24?,27-/m0/s1. The molecule has 0 aromatic heterocycles. The fourth-order valence-electron chi connectivity index (χ4n) is 5.21. The number of carbonyl (C=O) groups is 3. The van der Waals surface area contributed by atoms with E-state index in [1.54, 1.807) is 0 Å². The molecule has 2 N–H and O–H groups in total. The maximum absolute atomic E-state index is 13.2. The van der Waals surface area contributed by atoms with Gasteiger partial charge in [-0.3, -0.25) is 14.4 Å². The molecule has 1 fully saturated rings. The molecule has 0 saturated carbocycles. The van der Waals surface area contributed by atoms with Gasteiger partial charge in [-0.1, -0.05) is 30.3 Å². The van der Waals surface area contributed by atoms with Crippen molar-refractivity contribution < 1.29 is 19.1 Å². The van der Waals surface area contributed by atoms with Gasteiger partial charge in [-0.05, 0) is 86.3 Å². The summed E-state index contributed by atoms with van der Waals surface area (Å²) in [6, 6.07) is 13.3. The van der Waals surface area contributed by atoms with Crippen molar-refractivity contribution in [2.75, 3.05) is 19.7 Å². The number of fused-ring (bicyclic) bond motifs is 4. The maximum atomic E-state index is 13.2. The van der Waals surface area contributed by atoms with Crippen molar-refractivity contribution in [2.45, 2.75) is 71.4 Å². The van der Waals surface area contributed by atoms with Crippen LogP contribution in [0.5, 0.6) is 5.75 Å². The van der Waals surface area contributed by atoms with Crippen molar-refractivity contribution in [1.29, 1.82) is 0 Å². The zero-order chi connectivity index (χ0) is 26.2. The molecule has 2 heterocycles. The van der Waals surface area contributed by atoms with Gasteiger partial charge in [0, 0.05) is 32.5 Å². The average molecular weight is 506 g/mol. The third-order valence-corrected chi connectivity index (χ3v) is 7.65. The van der Waals surface area contributed by atoms with Crippen LogP contribution in [0.4, 0.5) is 0 Å². The van der Waals surface area contributed by atoms with Gasteiger partial charge in [0.15, 0.2) is 0 Å². The molecule has 1 unspecified atom stereocenters. The lowest BCUT2D eigenvalue weighted by atomic mass is 9.95. The van der Waals surface area contributed by atoms with Crippen molar-refractivity contribution in [3.8, 4) is 5.75 Å². The molecule has 2 aliphatic heterocycles. The summed E-state index contributed by atoms with van der Waals surface area (Å²) in [7, 11) is 0. The van der Waals surface area contributed by atoms with E-state index in [0.29, 0.717) is 38.5 Å². The number of hydrogen-bond acceptors (Lipinski definition) is 4. The number of nitrogens with one attached hydrogen (secondary N) is 2. The van der Waals surface area contributed by atoms with E-state index in [0.717, 1.165) is 53.8 Å². The quantitative estimate of drug-likeness (QED) is 0.664. The summed E-state index contributed by atoms with van der Waals surface area (Å²) < 4.78 is 6.12. The van der Waals surface area contributed by atoms with Crippen LogP contribution >= 0.6 is 0 Å². The molecule has 0 spiro atoms. The van der Waals surface area contributed by atoms with E-state index in [-0.39, 0.29) is 30.6 Å². The van der Waals surface area contributed by atoms with E-state index in [9.17, 15) is 14.4 Å². The van der Waals surface area contributed by atoms with Gasteiger partial charge in [0.2, 0.25) is 17.7 Å². The second kappa shape index (κ2) is 12.7. The van der Waals surface area contributed by atoms with Crippen molar-refractivity contribution in [2.24, 2.45) is 5.92 Å². The van der Waals surface area contributed by atoms with Gasteiger partial charge in [0.05, 0.1) is 6.61 Å². The minimum absolute atomic E-state index is 0.00553. The summed E-state index contributed by atoms with van der Waals surface area (Å²) in [5.41, 5.74) is 4.34. The number of rotatable bonds is 3. The summed E-state index contributed by atoms with van der Waals surface area (Å²) >= 11 is 0. The van der Waals surface area contributed by atoms with Crippen molar-refractivity contribution in [3.05, 3.63) is 64.7 Å². The molecule has 7 heteroatoms. The average Bonchev–Trinajstić information content (AvgIpc) is 2.90. The van der Waals surface area contributed by atoms with Crippen LogP contribution in [0.25, 0.3) is 0 Å². The van der Waals surface area contributed by atoms with Crippen LogP contribution in [0.15, 0.2) is 42.5 Å². The molecule has 3 amide bonds. The second-order valence-corrected chi connectivity index (χ2v) is 10.4. The van der Waals surface area contributed by atoms with Crippen molar-refractivity contribution in [1.82, 2.24) is 15.5 Å². The van der Waals surface area contributed by atoms with E-state index in [4.69, 9.17) is 4.74 Å². The Morgan fingerprint density at radius 1 is 1.03 bits per heavy atom. The number of piperidine rings is 1. The number of amides is 3. The lowest BCUT2D eigenvalue weighted by Gasteiger charge is -2.33. The molecule has 0 aliphatic carbocycles. The van der Waals surface area contributed by atoms with Crippen LogP contribution in [0, 0.1) is 19.8 Å². The van der Waals surface area contributed by atoms with E-state index in [2.05, 4.69) is 17.6 Å². The molecule has 2 atom stereocenters. The summed E-state index contributed by atoms with van der Waals surface area (Å²) in [5.74, 6) is 0.716. The monoisotopic (exact) mass is 505 g/mol. The summed E-state index contributed by atoms with van der Waals surface area (Å²) in [5, 5.41) is 5.93. The number of benzene rings is 2. The van der Waals surface area contributed by atoms with Gasteiger partial charge in [0.25, 0.3) is 0 Å². The first-order chi connectivity index (χ1) is 17.9. The maximum Gasteiger partial charge on any atom is 0.242 e. The normalized spacial score (nSPS) is 21.8. The molecule has 7 nitrogen and oxygen atoms in total. The van der Waals surface area contributed by atoms with Gasteiger partial charge in [-0.25, -0.2) is 0 Å². The summed E-state index contributed by atoms with van der Waals surface area (Å²) in [4.78, 5) is 40.8. The zero-order valence-corrected chi connectivity index (χ0v) is 22.1. The first kappa shape index (κ1) is 26.7. The third kappa shape index (κ3) is 7.57. The number of ether oxygens (including phenoxy) is 1. The molecule has 2 aliphatic rings. The van der Waals surface area contributed by atoms with E-state index < -0.39 is 6.04 Å². The van der Waals surface area contributed by atoms with Crippen LogP contribution in [0.3, 0.4) is 0 Å². The molecular formula is C30H39N3O4. The Morgan fingerprint density at radius 2 is 1.84 bits per heavy atom. The molecule has 2 aromatic rings. The lowest BCUT2D eigenvalue weighted by molar-refractivity contribution is -0.135. The Morgan fingerprint density at radius 3 is 2.65 bits per heavy atom. The number of hydrogen-bond donors (Lipinski definition) is 2. The van der Waals surface area contributed by atoms with Gasteiger partial charge in [0.1, 0.15) is 11.8 Å². The van der Waals surface area contributed by atoms with Crippen molar-refractivity contribution in [3.63, 3.8) is 0 Å². The SMILES string of the molecule is Cc1cc2cc(c1C)CNC(=O)[C@H](CCc1ccccc1)NC(=O)CCC(=O)N1CCCC(CCO2)C1. The third-order valence-electron chi connectivity index (χ3n) is 7.65. The second-order valence-electron chi connectivity index (χ2n) is 10.4. The van der Waals surface area contributed by atoms with Gasteiger partial charge >= 0.3 is 0 Å².